The lowest BCUT2D eigenvalue weighted by Gasteiger charge is -2.06. The predicted octanol–water partition coefficient (Wildman–Crippen LogP) is 4.10. The molecule has 0 heterocycles. The molecule has 0 aromatic heterocycles. The summed E-state index contributed by atoms with van der Waals surface area (Å²) in [5, 5.41) is 10.7. The minimum absolute atomic E-state index is 0.288. The average molecular weight is 263 g/mol. The van der Waals surface area contributed by atoms with Crippen LogP contribution in [0, 0.1) is 21.7 Å². The van der Waals surface area contributed by atoms with E-state index < -0.39 is 22.2 Å². The highest BCUT2D eigenvalue weighted by molar-refractivity contribution is 5.68. The third kappa shape index (κ3) is 2.45. The summed E-state index contributed by atoms with van der Waals surface area (Å²) in [4.78, 5) is 9.80. The van der Waals surface area contributed by atoms with E-state index in [4.69, 9.17) is 0 Å². The lowest BCUT2D eigenvalue weighted by molar-refractivity contribution is -0.387. The smallest absolute Gasteiger partial charge is 0.258 e. The lowest BCUT2D eigenvalue weighted by atomic mass is 10.0. The Labute approximate surface area is 108 Å². The van der Waals surface area contributed by atoms with Gasteiger partial charge >= 0.3 is 5.69 Å². The van der Waals surface area contributed by atoms with Crippen LogP contribution in [0.4, 0.5) is 14.5 Å². The SMILES string of the molecule is CCc1ccc(-c2c(F)ccc([N+](=O)[O-])c2F)cc1. The summed E-state index contributed by atoms with van der Waals surface area (Å²) >= 11 is 0. The van der Waals surface area contributed by atoms with Crippen molar-refractivity contribution in [1.82, 2.24) is 0 Å². The van der Waals surface area contributed by atoms with Gasteiger partial charge in [0.2, 0.25) is 5.82 Å². The molecule has 0 unspecified atom stereocenters. The molecule has 0 aliphatic carbocycles. The molecule has 3 nitrogen and oxygen atoms in total. The minimum Gasteiger partial charge on any atom is -0.258 e. The van der Waals surface area contributed by atoms with Crippen molar-refractivity contribution in [2.24, 2.45) is 0 Å². The van der Waals surface area contributed by atoms with Crippen LogP contribution in [0.15, 0.2) is 36.4 Å². The molecular formula is C14H11F2NO2. The molecule has 2 aromatic rings. The van der Waals surface area contributed by atoms with E-state index in [0.29, 0.717) is 0 Å². The molecule has 0 fully saturated rings. The molecule has 0 aliphatic heterocycles. The van der Waals surface area contributed by atoms with E-state index >= 15 is 0 Å². The second-order valence-corrected chi connectivity index (χ2v) is 4.06. The van der Waals surface area contributed by atoms with Gasteiger partial charge in [0.1, 0.15) is 5.82 Å². The molecule has 2 rings (SSSR count). The molecule has 0 N–H and O–H groups in total. The Bertz CT molecular complexity index is 624. The number of nitro benzene ring substituents is 1. The van der Waals surface area contributed by atoms with E-state index in [9.17, 15) is 18.9 Å². The van der Waals surface area contributed by atoms with Crippen molar-refractivity contribution in [2.75, 3.05) is 0 Å². The first-order valence-electron chi connectivity index (χ1n) is 5.76. The lowest BCUT2D eigenvalue weighted by Crippen LogP contribution is -1.97. The Morgan fingerprint density at radius 2 is 1.74 bits per heavy atom. The second-order valence-electron chi connectivity index (χ2n) is 4.06. The van der Waals surface area contributed by atoms with Crippen LogP contribution >= 0.6 is 0 Å². The molecule has 19 heavy (non-hydrogen) atoms. The number of benzene rings is 2. The van der Waals surface area contributed by atoms with Gasteiger partial charge < -0.3 is 0 Å². The maximum atomic E-state index is 14.0. The van der Waals surface area contributed by atoms with Gasteiger partial charge in [-0.1, -0.05) is 31.2 Å². The number of aryl methyl sites for hydroxylation is 1. The van der Waals surface area contributed by atoms with E-state index in [1.54, 1.807) is 24.3 Å². The molecule has 0 radical (unpaired) electrons. The first kappa shape index (κ1) is 13.1. The zero-order valence-corrected chi connectivity index (χ0v) is 10.2. The minimum atomic E-state index is -1.14. The summed E-state index contributed by atoms with van der Waals surface area (Å²) in [5.74, 6) is -1.96. The third-order valence-corrected chi connectivity index (χ3v) is 2.92. The van der Waals surface area contributed by atoms with E-state index in [1.807, 2.05) is 6.92 Å². The van der Waals surface area contributed by atoms with Crippen molar-refractivity contribution >= 4 is 5.69 Å². The number of halogens is 2. The van der Waals surface area contributed by atoms with E-state index in [2.05, 4.69) is 0 Å². The summed E-state index contributed by atoms with van der Waals surface area (Å²) in [7, 11) is 0. The fourth-order valence-corrected chi connectivity index (χ4v) is 1.85. The fraction of sp³-hybridized carbons (Fsp3) is 0.143. The Kier molecular flexibility index (Phi) is 3.55. The topological polar surface area (TPSA) is 43.1 Å². The Morgan fingerprint density at radius 1 is 1.11 bits per heavy atom. The molecule has 0 saturated heterocycles. The number of nitro groups is 1. The van der Waals surface area contributed by atoms with Crippen molar-refractivity contribution in [3.63, 3.8) is 0 Å². The van der Waals surface area contributed by atoms with E-state index in [1.165, 1.54) is 0 Å². The van der Waals surface area contributed by atoms with Gasteiger partial charge in [0.25, 0.3) is 0 Å². The van der Waals surface area contributed by atoms with Crippen LogP contribution in [0.5, 0.6) is 0 Å². The van der Waals surface area contributed by atoms with Gasteiger partial charge in [-0.3, -0.25) is 10.1 Å². The van der Waals surface area contributed by atoms with Crippen LogP contribution in [0.1, 0.15) is 12.5 Å². The van der Waals surface area contributed by atoms with Gasteiger partial charge in [0, 0.05) is 6.07 Å². The van der Waals surface area contributed by atoms with Crippen molar-refractivity contribution in [3.05, 3.63) is 63.7 Å². The van der Waals surface area contributed by atoms with Crippen LogP contribution in [0.2, 0.25) is 0 Å². The number of hydrogen-bond donors (Lipinski definition) is 0. The maximum absolute atomic E-state index is 14.0. The summed E-state index contributed by atoms with van der Waals surface area (Å²) in [5.41, 5.74) is 0.221. The summed E-state index contributed by atoms with van der Waals surface area (Å²) in [6.45, 7) is 1.96. The molecule has 0 spiro atoms. The van der Waals surface area contributed by atoms with Crippen LogP contribution in [0.3, 0.4) is 0 Å². The average Bonchev–Trinajstić information content (AvgIpc) is 2.39. The quantitative estimate of drug-likeness (QED) is 0.618. The van der Waals surface area contributed by atoms with Crippen LogP contribution in [-0.2, 0) is 6.42 Å². The van der Waals surface area contributed by atoms with Gasteiger partial charge in [0.15, 0.2) is 0 Å². The monoisotopic (exact) mass is 263 g/mol. The van der Waals surface area contributed by atoms with Gasteiger partial charge in [0.05, 0.1) is 10.5 Å². The second kappa shape index (κ2) is 5.14. The van der Waals surface area contributed by atoms with Crippen molar-refractivity contribution in [2.45, 2.75) is 13.3 Å². The first-order chi connectivity index (χ1) is 9.04. The van der Waals surface area contributed by atoms with Crippen LogP contribution < -0.4 is 0 Å². The van der Waals surface area contributed by atoms with Crippen molar-refractivity contribution < 1.29 is 13.7 Å². The molecule has 0 atom stereocenters. The normalized spacial score (nSPS) is 10.5. The van der Waals surface area contributed by atoms with Gasteiger partial charge in [-0.15, -0.1) is 0 Å². The van der Waals surface area contributed by atoms with E-state index in [-0.39, 0.29) is 11.1 Å². The highest BCUT2D eigenvalue weighted by Gasteiger charge is 2.22. The number of nitrogens with zero attached hydrogens (tertiary/aromatic N) is 1. The van der Waals surface area contributed by atoms with Gasteiger partial charge in [-0.2, -0.15) is 4.39 Å². The van der Waals surface area contributed by atoms with Crippen LogP contribution in [0.25, 0.3) is 11.1 Å². The maximum Gasteiger partial charge on any atom is 0.305 e. The predicted molar refractivity (Wildman–Crippen MR) is 67.8 cm³/mol. The van der Waals surface area contributed by atoms with Crippen molar-refractivity contribution in [1.29, 1.82) is 0 Å². The summed E-state index contributed by atoms with van der Waals surface area (Å²) < 4.78 is 27.7. The Balaban J connectivity index is 2.60. The molecule has 5 heteroatoms. The molecule has 0 aliphatic rings. The highest BCUT2D eigenvalue weighted by Crippen LogP contribution is 2.31. The molecular weight excluding hydrogens is 252 g/mol. The molecule has 0 bridgehead atoms. The first-order valence-corrected chi connectivity index (χ1v) is 5.76. The van der Waals surface area contributed by atoms with Crippen molar-refractivity contribution in [3.8, 4) is 11.1 Å². The van der Waals surface area contributed by atoms with E-state index in [0.717, 1.165) is 24.1 Å². The van der Waals surface area contributed by atoms with Gasteiger partial charge in [-0.25, -0.2) is 4.39 Å². The zero-order chi connectivity index (χ0) is 14.0. The fourth-order valence-electron chi connectivity index (χ4n) is 1.85. The largest absolute Gasteiger partial charge is 0.305 e. The molecule has 98 valence electrons. The molecule has 0 saturated carbocycles. The molecule has 0 amide bonds. The van der Waals surface area contributed by atoms with Crippen LogP contribution in [-0.4, -0.2) is 4.92 Å². The highest BCUT2D eigenvalue weighted by atomic mass is 19.1. The summed E-state index contributed by atoms with van der Waals surface area (Å²) in [6, 6.07) is 8.34. The summed E-state index contributed by atoms with van der Waals surface area (Å²) in [6.07, 6.45) is 0.806. The number of rotatable bonds is 3. The third-order valence-electron chi connectivity index (χ3n) is 2.92. The standard InChI is InChI=1S/C14H11F2NO2/c1-2-9-3-5-10(6-4-9)13-11(15)7-8-12(14(13)16)17(18)19/h3-8H,2H2,1H3. The Hall–Kier alpha value is -2.30. The molecule has 2 aromatic carbocycles. The number of hydrogen-bond acceptors (Lipinski definition) is 2. The van der Waals surface area contributed by atoms with Gasteiger partial charge in [-0.05, 0) is 23.6 Å². The zero-order valence-electron chi connectivity index (χ0n) is 10.2. The Morgan fingerprint density at radius 3 is 2.26 bits per heavy atom.